The quantitative estimate of drug-likeness (QED) is 0.538. The second-order valence-corrected chi connectivity index (χ2v) is 3.78. The molecule has 0 atom stereocenters. The van der Waals surface area contributed by atoms with Crippen LogP contribution >= 0.6 is 0 Å². The predicted octanol–water partition coefficient (Wildman–Crippen LogP) is 3.63. The molecule has 0 unspecified atom stereocenters. The number of ketones is 1. The zero-order valence-electron chi connectivity index (χ0n) is 9.50. The first kappa shape index (κ1) is 11.4. The molecule has 1 rings (SSSR count). The van der Waals surface area contributed by atoms with Crippen LogP contribution in [-0.2, 0) is 4.79 Å². The smallest absolute Gasteiger partial charge is 0.160 e. The van der Waals surface area contributed by atoms with Gasteiger partial charge in [0.2, 0.25) is 0 Å². The van der Waals surface area contributed by atoms with Crippen molar-refractivity contribution in [2.75, 3.05) is 0 Å². The topological polar surface area (TPSA) is 17.1 Å². The van der Waals surface area contributed by atoms with E-state index in [0.717, 1.165) is 22.3 Å². The Balaban J connectivity index is 3.15. The molecule has 78 valence electrons. The van der Waals surface area contributed by atoms with E-state index in [9.17, 15) is 4.79 Å². The molecule has 0 bridgehead atoms. The first-order chi connectivity index (χ1) is 7.04. The Kier molecular flexibility index (Phi) is 3.62. The maximum Gasteiger partial charge on any atom is 0.160 e. The van der Waals surface area contributed by atoms with Gasteiger partial charge >= 0.3 is 0 Å². The molecule has 1 aromatic carbocycles. The largest absolute Gasteiger partial charge is 0.294 e. The van der Waals surface area contributed by atoms with Gasteiger partial charge in [0.15, 0.2) is 5.78 Å². The molecule has 0 saturated carbocycles. The van der Waals surface area contributed by atoms with Gasteiger partial charge in [0, 0.05) is 5.57 Å². The van der Waals surface area contributed by atoms with E-state index in [2.05, 4.69) is 6.58 Å². The molecule has 15 heavy (non-hydrogen) atoms. The molecule has 0 saturated heterocycles. The first-order valence-electron chi connectivity index (χ1n) is 4.97. The zero-order chi connectivity index (χ0) is 11.4. The molecular weight excluding hydrogens is 184 g/mol. The van der Waals surface area contributed by atoms with Gasteiger partial charge in [-0.1, -0.05) is 42.5 Å². The van der Waals surface area contributed by atoms with Crippen molar-refractivity contribution >= 4 is 11.4 Å². The third-order valence-electron chi connectivity index (χ3n) is 2.28. The summed E-state index contributed by atoms with van der Waals surface area (Å²) in [7, 11) is 0. The predicted molar refractivity (Wildman–Crippen MR) is 64.5 cm³/mol. The minimum atomic E-state index is 0.0730. The van der Waals surface area contributed by atoms with E-state index < -0.39 is 0 Å². The monoisotopic (exact) mass is 200 g/mol. The second kappa shape index (κ2) is 4.74. The Morgan fingerprint density at radius 2 is 1.60 bits per heavy atom. The van der Waals surface area contributed by atoms with Gasteiger partial charge in [0.1, 0.15) is 0 Å². The Morgan fingerprint density at radius 3 is 2.00 bits per heavy atom. The van der Waals surface area contributed by atoms with E-state index in [4.69, 9.17) is 0 Å². The first-order valence-corrected chi connectivity index (χ1v) is 4.97. The van der Waals surface area contributed by atoms with Gasteiger partial charge in [0.05, 0.1) is 0 Å². The highest BCUT2D eigenvalue weighted by atomic mass is 16.1. The Bertz CT molecular complexity index is 406. The third kappa shape index (κ3) is 2.66. The second-order valence-electron chi connectivity index (χ2n) is 3.78. The molecule has 0 heterocycles. The number of hydrogen-bond donors (Lipinski definition) is 0. The standard InChI is InChI=1S/C14H16O/c1-10(2)14(12(4)15)11(3)13-8-6-5-7-9-13/h5-9H,3H2,1-2,4H3. The maximum absolute atomic E-state index is 11.5. The number of Topliss-reactive ketones (excluding diaryl/α,β-unsaturated/α-hetero) is 1. The van der Waals surface area contributed by atoms with Crippen molar-refractivity contribution in [3.63, 3.8) is 0 Å². The van der Waals surface area contributed by atoms with Gasteiger partial charge in [-0.05, 0) is 31.9 Å². The molecular formula is C14H16O. The van der Waals surface area contributed by atoms with Crippen molar-refractivity contribution in [1.29, 1.82) is 0 Å². The molecule has 1 heteroatoms. The number of rotatable bonds is 3. The van der Waals surface area contributed by atoms with Crippen LogP contribution in [-0.4, -0.2) is 5.78 Å². The van der Waals surface area contributed by atoms with E-state index >= 15 is 0 Å². The lowest BCUT2D eigenvalue weighted by atomic mass is 9.94. The van der Waals surface area contributed by atoms with E-state index in [1.807, 2.05) is 44.2 Å². The fraction of sp³-hybridized carbons (Fsp3) is 0.214. The van der Waals surface area contributed by atoms with Crippen LogP contribution in [0.1, 0.15) is 26.3 Å². The number of allylic oxidation sites excluding steroid dienone is 3. The van der Waals surface area contributed by atoms with Crippen LogP contribution in [0.4, 0.5) is 0 Å². The summed E-state index contributed by atoms with van der Waals surface area (Å²) in [6.07, 6.45) is 0. The van der Waals surface area contributed by atoms with Gasteiger partial charge in [-0.15, -0.1) is 0 Å². The molecule has 0 fully saturated rings. The summed E-state index contributed by atoms with van der Waals surface area (Å²) in [6.45, 7) is 9.44. The molecule has 0 aliphatic rings. The minimum Gasteiger partial charge on any atom is -0.294 e. The summed E-state index contributed by atoms with van der Waals surface area (Å²) in [5.41, 5.74) is 3.56. The molecule has 1 nitrogen and oxygen atoms in total. The van der Waals surface area contributed by atoms with Crippen LogP contribution in [0.15, 0.2) is 48.1 Å². The van der Waals surface area contributed by atoms with Gasteiger partial charge in [-0.3, -0.25) is 4.79 Å². The SMILES string of the molecule is C=C(C(C(C)=O)=C(C)C)c1ccccc1. The lowest BCUT2D eigenvalue weighted by Gasteiger charge is -2.10. The van der Waals surface area contributed by atoms with Crippen LogP contribution in [0.5, 0.6) is 0 Å². The lowest BCUT2D eigenvalue weighted by Crippen LogP contribution is -2.01. The van der Waals surface area contributed by atoms with Crippen molar-refractivity contribution in [2.45, 2.75) is 20.8 Å². The highest BCUT2D eigenvalue weighted by Crippen LogP contribution is 2.24. The molecule has 0 radical (unpaired) electrons. The Hall–Kier alpha value is -1.63. The summed E-state index contributed by atoms with van der Waals surface area (Å²) >= 11 is 0. The minimum absolute atomic E-state index is 0.0730. The highest BCUT2D eigenvalue weighted by Gasteiger charge is 2.11. The summed E-state index contributed by atoms with van der Waals surface area (Å²) in [4.78, 5) is 11.5. The van der Waals surface area contributed by atoms with Crippen LogP contribution in [0.2, 0.25) is 0 Å². The Labute approximate surface area is 91.1 Å². The van der Waals surface area contributed by atoms with Gasteiger partial charge in [-0.25, -0.2) is 0 Å². The van der Waals surface area contributed by atoms with Gasteiger partial charge in [0.25, 0.3) is 0 Å². The van der Waals surface area contributed by atoms with E-state index in [0.29, 0.717) is 0 Å². The fourth-order valence-electron chi connectivity index (χ4n) is 1.65. The highest BCUT2D eigenvalue weighted by molar-refractivity contribution is 6.09. The van der Waals surface area contributed by atoms with Crippen LogP contribution < -0.4 is 0 Å². The third-order valence-corrected chi connectivity index (χ3v) is 2.28. The van der Waals surface area contributed by atoms with Crippen LogP contribution in [0.3, 0.4) is 0 Å². The van der Waals surface area contributed by atoms with Crippen LogP contribution in [0, 0.1) is 0 Å². The summed E-state index contributed by atoms with van der Waals surface area (Å²) in [5, 5.41) is 0. The normalized spacial score (nSPS) is 9.53. The average molecular weight is 200 g/mol. The van der Waals surface area contributed by atoms with Gasteiger partial charge < -0.3 is 0 Å². The molecule has 0 amide bonds. The molecule has 0 aliphatic carbocycles. The molecule has 1 aromatic rings. The Morgan fingerprint density at radius 1 is 1.07 bits per heavy atom. The maximum atomic E-state index is 11.5. The van der Waals surface area contributed by atoms with Crippen molar-refractivity contribution in [1.82, 2.24) is 0 Å². The fourth-order valence-corrected chi connectivity index (χ4v) is 1.65. The van der Waals surface area contributed by atoms with Crippen molar-refractivity contribution in [2.24, 2.45) is 0 Å². The van der Waals surface area contributed by atoms with Crippen LogP contribution in [0.25, 0.3) is 5.57 Å². The van der Waals surface area contributed by atoms with E-state index in [1.165, 1.54) is 0 Å². The number of hydrogen-bond acceptors (Lipinski definition) is 1. The lowest BCUT2D eigenvalue weighted by molar-refractivity contribution is -0.113. The summed E-state index contributed by atoms with van der Waals surface area (Å²) in [5.74, 6) is 0.0730. The molecule has 0 aliphatic heterocycles. The van der Waals surface area contributed by atoms with Crippen molar-refractivity contribution in [3.05, 3.63) is 53.6 Å². The summed E-state index contributed by atoms with van der Waals surface area (Å²) < 4.78 is 0. The number of benzene rings is 1. The summed E-state index contributed by atoms with van der Waals surface area (Å²) in [6, 6.07) is 9.78. The van der Waals surface area contributed by atoms with Crippen molar-refractivity contribution < 1.29 is 4.79 Å². The molecule has 0 spiro atoms. The van der Waals surface area contributed by atoms with E-state index in [-0.39, 0.29) is 5.78 Å². The molecule has 0 N–H and O–H groups in total. The average Bonchev–Trinajstić information content (AvgIpc) is 2.18. The number of carbonyl (C=O) groups excluding carboxylic acids is 1. The number of carbonyl (C=O) groups is 1. The zero-order valence-corrected chi connectivity index (χ0v) is 9.50. The van der Waals surface area contributed by atoms with E-state index in [1.54, 1.807) is 6.92 Å². The van der Waals surface area contributed by atoms with Gasteiger partial charge in [-0.2, -0.15) is 0 Å². The van der Waals surface area contributed by atoms with Crippen molar-refractivity contribution in [3.8, 4) is 0 Å². The molecule has 0 aromatic heterocycles.